The summed E-state index contributed by atoms with van der Waals surface area (Å²) in [5, 5.41) is 7.90. The van der Waals surface area contributed by atoms with Crippen molar-refractivity contribution in [1.82, 2.24) is 0 Å². The van der Waals surface area contributed by atoms with E-state index in [1.165, 1.54) is 0 Å². The van der Waals surface area contributed by atoms with Crippen molar-refractivity contribution in [2.45, 2.75) is 105 Å². The first-order valence-electron chi connectivity index (χ1n) is 10.00. The molecule has 0 radical (unpaired) electrons. The quantitative estimate of drug-likeness (QED) is 0.140. The lowest BCUT2D eigenvalue weighted by molar-refractivity contribution is -0.407. The largest absolute Gasteiger partial charge is 0.510 e. The van der Waals surface area contributed by atoms with Gasteiger partial charge in [-0.1, -0.05) is 46.5 Å². The molecule has 0 aromatic heterocycles. The van der Waals surface area contributed by atoms with Crippen LogP contribution in [0.15, 0.2) is 0 Å². The van der Waals surface area contributed by atoms with E-state index in [1.807, 2.05) is 0 Å². The summed E-state index contributed by atoms with van der Waals surface area (Å²) in [4.78, 5) is 25.7. The molecule has 0 saturated carbocycles. The van der Waals surface area contributed by atoms with Crippen LogP contribution < -0.4 is 0 Å². The molecule has 0 bridgehead atoms. The van der Waals surface area contributed by atoms with Crippen molar-refractivity contribution in [2.75, 3.05) is 13.2 Å². The number of rotatable bonds is 12. The van der Waals surface area contributed by atoms with Gasteiger partial charge in [0.1, 0.15) is 0 Å². The lowest BCUT2D eigenvalue weighted by Gasteiger charge is -2.23. The zero-order valence-electron chi connectivity index (χ0n) is 18.6. The van der Waals surface area contributed by atoms with Gasteiger partial charge in [0.15, 0.2) is 0 Å². The minimum Gasteiger partial charge on any atom is -0.434 e. The summed E-state index contributed by atoms with van der Waals surface area (Å²) in [7, 11) is 0. The first-order chi connectivity index (χ1) is 12.5. The Hall–Kier alpha value is -0.890. The molecule has 1 atom stereocenters. The van der Waals surface area contributed by atoms with Gasteiger partial charge in [-0.2, -0.15) is 4.89 Å². The van der Waals surface area contributed by atoms with Crippen molar-refractivity contribution in [2.24, 2.45) is 5.92 Å². The molecule has 1 N–H and O–H groups in total. The third-order valence-corrected chi connectivity index (χ3v) is 3.42. The highest BCUT2D eigenvalue weighted by atomic mass is 17.2. The number of hydrogen-bond donors (Lipinski definition) is 1. The summed E-state index contributed by atoms with van der Waals surface area (Å²) >= 11 is 0. The lowest BCUT2D eigenvalue weighted by Crippen LogP contribution is -2.32. The number of ether oxygens (including phenoxy) is 2. The van der Waals surface area contributed by atoms with Gasteiger partial charge < -0.3 is 9.47 Å². The van der Waals surface area contributed by atoms with Crippen molar-refractivity contribution in [3.8, 4) is 0 Å². The van der Waals surface area contributed by atoms with Gasteiger partial charge in [-0.15, -0.1) is 0 Å². The molecule has 0 heterocycles. The number of carbonyl (C=O) groups excluding carboxylic acids is 1. The van der Waals surface area contributed by atoms with Crippen LogP contribution in [0.2, 0.25) is 0 Å². The van der Waals surface area contributed by atoms with E-state index in [0.29, 0.717) is 19.1 Å². The average molecular weight is 395 g/mol. The summed E-state index contributed by atoms with van der Waals surface area (Å²) in [5.74, 6) is -0.752. The smallest absolute Gasteiger partial charge is 0.434 e. The summed E-state index contributed by atoms with van der Waals surface area (Å²) < 4.78 is 10.3. The van der Waals surface area contributed by atoms with E-state index < -0.39 is 17.5 Å². The van der Waals surface area contributed by atoms with Crippen LogP contribution >= 0.6 is 0 Å². The Morgan fingerprint density at radius 1 is 1.00 bits per heavy atom. The molecule has 0 amide bonds. The van der Waals surface area contributed by atoms with Crippen LogP contribution in [0.5, 0.6) is 0 Å². The molecule has 0 aliphatic carbocycles. The van der Waals surface area contributed by atoms with Crippen LogP contribution in [-0.4, -0.2) is 36.0 Å². The van der Waals surface area contributed by atoms with E-state index in [-0.39, 0.29) is 0 Å². The van der Waals surface area contributed by atoms with Crippen molar-refractivity contribution < 1.29 is 34.2 Å². The molecule has 0 saturated heterocycles. The second kappa shape index (κ2) is 16.1. The summed E-state index contributed by atoms with van der Waals surface area (Å²) in [6.07, 6.45) is 5.56. The van der Waals surface area contributed by atoms with Gasteiger partial charge >= 0.3 is 6.16 Å². The minimum absolute atomic E-state index is 0.391. The van der Waals surface area contributed by atoms with Crippen LogP contribution in [-0.2, 0) is 24.1 Å². The maximum Gasteiger partial charge on any atom is 0.510 e. The molecule has 0 aliphatic heterocycles. The average Bonchev–Trinajstić information content (AvgIpc) is 2.58. The van der Waals surface area contributed by atoms with Crippen molar-refractivity contribution in [3.63, 3.8) is 0 Å². The minimum atomic E-state index is -1.14. The van der Waals surface area contributed by atoms with E-state index in [1.54, 1.807) is 34.6 Å². The van der Waals surface area contributed by atoms with E-state index >= 15 is 0 Å². The predicted molar refractivity (Wildman–Crippen MR) is 105 cm³/mol. The Balaban J connectivity index is 0. The molecule has 1 unspecified atom stereocenters. The first-order valence-corrected chi connectivity index (χ1v) is 10.00. The fourth-order valence-electron chi connectivity index (χ4n) is 1.72. The Morgan fingerprint density at radius 3 is 2.00 bits per heavy atom. The summed E-state index contributed by atoms with van der Waals surface area (Å²) in [6.45, 7) is 15.7. The molecule has 0 aliphatic rings. The van der Waals surface area contributed by atoms with Crippen molar-refractivity contribution in [1.29, 1.82) is 0 Å². The Labute approximate surface area is 165 Å². The van der Waals surface area contributed by atoms with Gasteiger partial charge in [0, 0.05) is 13.8 Å². The van der Waals surface area contributed by atoms with Gasteiger partial charge in [-0.3, -0.25) is 5.26 Å². The highest BCUT2D eigenvalue weighted by Gasteiger charge is 2.26. The zero-order chi connectivity index (χ0) is 21.3. The maximum atomic E-state index is 11.7. The predicted octanol–water partition coefficient (Wildman–Crippen LogP) is 6.11. The normalized spacial score (nSPS) is 12.8. The van der Waals surface area contributed by atoms with Gasteiger partial charge in [0.05, 0.1) is 18.8 Å². The van der Waals surface area contributed by atoms with Crippen LogP contribution in [0, 0.1) is 5.92 Å². The summed E-state index contributed by atoms with van der Waals surface area (Å²) in [6, 6.07) is 0. The molecule has 27 heavy (non-hydrogen) atoms. The van der Waals surface area contributed by atoms with Gasteiger partial charge in [-0.25, -0.2) is 14.6 Å². The third-order valence-electron chi connectivity index (χ3n) is 3.42. The lowest BCUT2D eigenvalue weighted by atomic mass is 10.0. The highest BCUT2D eigenvalue weighted by molar-refractivity contribution is 5.60. The van der Waals surface area contributed by atoms with E-state index in [0.717, 1.165) is 38.5 Å². The van der Waals surface area contributed by atoms with Gasteiger partial charge in [-0.05, 0) is 39.5 Å². The SMILES string of the molecule is CC(C)(C)OO.CCCCOOC(C)(C)OC(=O)OCC(CC)CCCC. The molecule has 0 aromatic carbocycles. The first kappa shape index (κ1) is 28.3. The van der Waals surface area contributed by atoms with Crippen LogP contribution in [0.1, 0.15) is 93.9 Å². The van der Waals surface area contributed by atoms with Crippen molar-refractivity contribution in [3.05, 3.63) is 0 Å². The Bertz CT molecular complexity index is 351. The van der Waals surface area contributed by atoms with Crippen LogP contribution in [0.25, 0.3) is 0 Å². The maximum absolute atomic E-state index is 11.7. The van der Waals surface area contributed by atoms with Gasteiger partial charge in [0.2, 0.25) is 5.79 Å². The molecule has 0 fully saturated rings. The third kappa shape index (κ3) is 21.3. The molecular weight excluding hydrogens is 352 g/mol. The molecule has 7 nitrogen and oxygen atoms in total. The van der Waals surface area contributed by atoms with Gasteiger partial charge in [0.25, 0.3) is 0 Å². The monoisotopic (exact) mass is 394 g/mol. The molecule has 0 rings (SSSR count). The molecule has 0 aromatic rings. The second-order valence-corrected chi connectivity index (χ2v) is 7.94. The fraction of sp³-hybridized carbons (Fsp3) is 0.950. The standard InChI is InChI=1S/C16H32O5.C4H10O2/c1-6-9-11-14(8-3)13-18-15(17)20-16(4,5)21-19-12-10-7-2;1-4(2,3)6-5/h14H,6-13H2,1-5H3;5H,1-3H3. The molecule has 164 valence electrons. The van der Waals surface area contributed by atoms with E-state index in [2.05, 4.69) is 25.7 Å². The Kier molecular flexibility index (Phi) is 16.9. The number of carbonyl (C=O) groups is 1. The highest BCUT2D eigenvalue weighted by Crippen LogP contribution is 2.16. The number of unbranched alkanes of at least 4 members (excludes halogenated alkanes) is 2. The van der Waals surface area contributed by atoms with Crippen LogP contribution in [0.4, 0.5) is 4.79 Å². The summed E-state index contributed by atoms with van der Waals surface area (Å²) in [5.41, 5.74) is -0.403. The molecule has 0 spiro atoms. The topological polar surface area (TPSA) is 83.5 Å². The molecule has 7 heteroatoms. The van der Waals surface area contributed by atoms with E-state index in [9.17, 15) is 4.79 Å². The van der Waals surface area contributed by atoms with Crippen LogP contribution in [0.3, 0.4) is 0 Å². The molecular formula is C20H42O7. The number of hydrogen-bond acceptors (Lipinski definition) is 7. The van der Waals surface area contributed by atoms with Crippen molar-refractivity contribution >= 4 is 6.16 Å². The second-order valence-electron chi connectivity index (χ2n) is 7.94. The van der Waals surface area contributed by atoms with E-state index in [4.69, 9.17) is 24.5 Å². The zero-order valence-corrected chi connectivity index (χ0v) is 18.6. The fourth-order valence-corrected chi connectivity index (χ4v) is 1.72. The Morgan fingerprint density at radius 2 is 1.56 bits per heavy atom.